The van der Waals surface area contributed by atoms with Crippen LogP contribution in [0.2, 0.25) is 0 Å². The van der Waals surface area contributed by atoms with Gasteiger partial charge >= 0.3 is 5.97 Å². The molecule has 8 nitrogen and oxygen atoms in total. The van der Waals surface area contributed by atoms with Gasteiger partial charge in [-0.2, -0.15) is 0 Å². The molecule has 35 heavy (non-hydrogen) atoms. The highest BCUT2D eigenvalue weighted by atomic mass is 32.1. The van der Waals surface area contributed by atoms with Crippen molar-refractivity contribution in [3.05, 3.63) is 84.5 Å². The highest BCUT2D eigenvalue weighted by Crippen LogP contribution is 2.35. The maximum Gasteiger partial charge on any atom is 0.338 e. The first-order chi connectivity index (χ1) is 16.9. The van der Waals surface area contributed by atoms with Crippen LogP contribution in [0.1, 0.15) is 31.0 Å². The van der Waals surface area contributed by atoms with Crippen molar-refractivity contribution in [2.75, 3.05) is 27.9 Å². The molecule has 0 bridgehead atoms. The number of benzene rings is 2. The lowest BCUT2D eigenvalue weighted by atomic mass is 9.95. The molecule has 0 saturated heterocycles. The van der Waals surface area contributed by atoms with Crippen LogP contribution >= 0.6 is 11.3 Å². The number of nitrogens with zero attached hydrogens (tertiary/aromatic N) is 2. The molecule has 1 atom stereocenters. The number of hydrogen-bond donors (Lipinski definition) is 0. The second-order valence-corrected chi connectivity index (χ2v) is 8.70. The predicted octanol–water partition coefficient (Wildman–Crippen LogP) is 2.82. The molecule has 0 fully saturated rings. The second kappa shape index (κ2) is 10.2. The standard InChI is InChI=1S/C26H26N2O6S/c1-6-34-18-10-7-16(8-11-18)13-21-24(29)28-23(17-9-12-19(31-3)20(14-17)32-4)22(25(30)33-5)15(2)27-26(28)35-21/h7-14,23H,6H2,1-5H3. The number of ether oxygens (including phenoxy) is 4. The molecule has 1 aliphatic rings. The lowest BCUT2D eigenvalue weighted by molar-refractivity contribution is -0.136. The highest BCUT2D eigenvalue weighted by Gasteiger charge is 2.33. The third-order valence-electron chi connectivity index (χ3n) is 5.64. The topological polar surface area (TPSA) is 88.3 Å². The normalized spacial score (nSPS) is 15.3. The van der Waals surface area contributed by atoms with E-state index in [1.54, 1.807) is 32.2 Å². The molecule has 0 aliphatic carbocycles. The first kappa shape index (κ1) is 24.3. The number of rotatable bonds is 7. The zero-order chi connectivity index (χ0) is 25.1. The van der Waals surface area contributed by atoms with Crippen molar-refractivity contribution in [2.45, 2.75) is 19.9 Å². The molecule has 0 spiro atoms. The number of allylic oxidation sites excluding steroid dienone is 1. The van der Waals surface area contributed by atoms with Crippen molar-refractivity contribution in [1.82, 2.24) is 4.57 Å². The summed E-state index contributed by atoms with van der Waals surface area (Å²) in [6.07, 6.45) is 1.81. The van der Waals surface area contributed by atoms with E-state index in [1.807, 2.05) is 37.3 Å². The third-order valence-corrected chi connectivity index (χ3v) is 6.62. The Hall–Kier alpha value is -3.85. The number of fused-ring (bicyclic) bond motifs is 1. The molecular formula is C26H26N2O6S. The Balaban J connectivity index is 1.91. The van der Waals surface area contributed by atoms with E-state index in [2.05, 4.69) is 4.99 Å². The Labute approximate surface area is 206 Å². The van der Waals surface area contributed by atoms with Gasteiger partial charge in [-0.3, -0.25) is 9.36 Å². The Morgan fingerprint density at radius 2 is 1.80 bits per heavy atom. The van der Waals surface area contributed by atoms with Gasteiger partial charge in [-0.25, -0.2) is 9.79 Å². The van der Waals surface area contributed by atoms with Crippen LogP contribution in [0.25, 0.3) is 6.08 Å². The lowest BCUT2D eigenvalue weighted by Crippen LogP contribution is -2.39. The van der Waals surface area contributed by atoms with Crippen molar-refractivity contribution >= 4 is 23.4 Å². The van der Waals surface area contributed by atoms with E-state index in [0.717, 1.165) is 11.3 Å². The molecule has 1 aromatic heterocycles. The van der Waals surface area contributed by atoms with Gasteiger partial charge in [0.2, 0.25) is 0 Å². The quantitative estimate of drug-likeness (QED) is 0.470. The average molecular weight is 495 g/mol. The van der Waals surface area contributed by atoms with E-state index in [1.165, 1.54) is 30.1 Å². The van der Waals surface area contributed by atoms with Crippen molar-refractivity contribution in [3.63, 3.8) is 0 Å². The summed E-state index contributed by atoms with van der Waals surface area (Å²) in [5.41, 5.74) is 2.05. The van der Waals surface area contributed by atoms with Crippen molar-refractivity contribution < 1.29 is 23.7 Å². The van der Waals surface area contributed by atoms with E-state index < -0.39 is 12.0 Å². The summed E-state index contributed by atoms with van der Waals surface area (Å²) in [6, 6.07) is 12.1. The Bertz CT molecular complexity index is 1470. The van der Waals surface area contributed by atoms with Crippen LogP contribution in [0.4, 0.5) is 0 Å². The molecule has 1 aliphatic heterocycles. The highest BCUT2D eigenvalue weighted by molar-refractivity contribution is 7.07. The third kappa shape index (κ3) is 4.59. The largest absolute Gasteiger partial charge is 0.494 e. The van der Waals surface area contributed by atoms with Gasteiger partial charge < -0.3 is 18.9 Å². The maximum atomic E-state index is 13.6. The van der Waals surface area contributed by atoms with E-state index in [9.17, 15) is 9.59 Å². The SMILES string of the molecule is CCOc1ccc(C=c2sc3n(c2=O)C(c2ccc(OC)c(OC)c2)C(C(=O)OC)=C(C)N=3)cc1. The minimum Gasteiger partial charge on any atom is -0.494 e. The number of hydrogen-bond acceptors (Lipinski definition) is 8. The van der Waals surface area contributed by atoms with Gasteiger partial charge in [0, 0.05) is 0 Å². The van der Waals surface area contributed by atoms with Gasteiger partial charge in [0.25, 0.3) is 5.56 Å². The van der Waals surface area contributed by atoms with E-state index in [4.69, 9.17) is 18.9 Å². The zero-order valence-electron chi connectivity index (χ0n) is 20.2. The molecule has 9 heteroatoms. The molecule has 0 amide bonds. The first-order valence-corrected chi connectivity index (χ1v) is 11.8. The Morgan fingerprint density at radius 3 is 2.43 bits per heavy atom. The fourth-order valence-corrected chi connectivity index (χ4v) is 5.06. The fraction of sp³-hybridized carbons (Fsp3) is 0.269. The molecule has 0 N–H and O–H groups in total. The zero-order valence-corrected chi connectivity index (χ0v) is 21.0. The molecule has 1 unspecified atom stereocenters. The van der Waals surface area contributed by atoms with Crippen LogP contribution in [-0.2, 0) is 9.53 Å². The number of methoxy groups -OCH3 is 3. The lowest BCUT2D eigenvalue weighted by Gasteiger charge is -2.25. The Morgan fingerprint density at radius 1 is 1.09 bits per heavy atom. The van der Waals surface area contributed by atoms with Crippen LogP contribution in [-0.4, -0.2) is 38.5 Å². The summed E-state index contributed by atoms with van der Waals surface area (Å²) in [5.74, 6) is 1.24. The number of esters is 1. The van der Waals surface area contributed by atoms with Gasteiger partial charge in [0.15, 0.2) is 16.3 Å². The van der Waals surface area contributed by atoms with Crippen molar-refractivity contribution in [2.24, 2.45) is 4.99 Å². The number of carbonyl (C=O) groups excluding carboxylic acids is 1. The van der Waals surface area contributed by atoms with Gasteiger partial charge in [0.05, 0.1) is 49.8 Å². The molecule has 2 aromatic carbocycles. The smallest absolute Gasteiger partial charge is 0.338 e. The van der Waals surface area contributed by atoms with Gasteiger partial charge in [-0.1, -0.05) is 29.5 Å². The maximum absolute atomic E-state index is 13.6. The van der Waals surface area contributed by atoms with Gasteiger partial charge in [0.1, 0.15) is 5.75 Å². The minimum absolute atomic E-state index is 0.253. The number of carbonyl (C=O) groups is 1. The summed E-state index contributed by atoms with van der Waals surface area (Å²) >= 11 is 1.27. The van der Waals surface area contributed by atoms with Crippen molar-refractivity contribution in [1.29, 1.82) is 0 Å². The molecule has 0 radical (unpaired) electrons. The number of aromatic nitrogens is 1. The van der Waals surface area contributed by atoms with Gasteiger partial charge in [-0.05, 0) is 55.3 Å². The van der Waals surface area contributed by atoms with Crippen LogP contribution in [0.15, 0.2) is 63.5 Å². The Kier molecular flexibility index (Phi) is 7.07. The molecule has 182 valence electrons. The van der Waals surface area contributed by atoms with E-state index in [0.29, 0.717) is 44.3 Å². The molecule has 2 heterocycles. The molecule has 0 saturated carbocycles. The van der Waals surface area contributed by atoms with Crippen molar-refractivity contribution in [3.8, 4) is 17.2 Å². The summed E-state index contributed by atoms with van der Waals surface area (Å²) in [7, 11) is 4.39. The molecule has 3 aromatic rings. The van der Waals surface area contributed by atoms with E-state index in [-0.39, 0.29) is 5.56 Å². The van der Waals surface area contributed by atoms with Crippen LogP contribution in [0, 0.1) is 0 Å². The van der Waals surface area contributed by atoms with Crippen LogP contribution in [0.5, 0.6) is 17.2 Å². The molecule has 4 rings (SSSR count). The number of thiazole rings is 1. The van der Waals surface area contributed by atoms with Crippen LogP contribution < -0.4 is 29.1 Å². The fourth-order valence-electron chi connectivity index (χ4n) is 4.01. The second-order valence-electron chi connectivity index (χ2n) is 7.69. The minimum atomic E-state index is -0.735. The monoisotopic (exact) mass is 494 g/mol. The van der Waals surface area contributed by atoms with Crippen LogP contribution in [0.3, 0.4) is 0 Å². The average Bonchev–Trinajstić information content (AvgIpc) is 3.17. The van der Waals surface area contributed by atoms with Gasteiger partial charge in [-0.15, -0.1) is 0 Å². The predicted molar refractivity (Wildman–Crippen MR) is 133 cm³/mol. The van der Waals surface area contributed by atoms with E-state index >= 15 is 0 Å². The summed E-state index contributed by atoms with van der Waals surface area (Å²) < 4.78 is 23.4. The summed E-state index contributed by atoms with van der Waals surface area (Å²) in [5, 5.41) is 0. The summed E-state index contributed by atoms with van der Waals surface area (Å²) in [4.78, 5) is 31.5. The first-order valence-electron chi connectivity index (χ1n) is 11.0. The molecular weight excluding hydrogens is 468 g/mol. The summed E-state index contributed by atoms with van der Waals surface area (Å²) in [6.45, 7) is 4.24.